The Hall–Kier alpha value is -3.67. The van der Waals surface area contributed by atoms with E-state index in [4.69, 9.17) is 9.72 Å². The van der Waals surface area contributed by atoms with E-state index in [-0.39, 0.29) is 5.91 Å². The highest BCUT2D eigenvalue weighted by atomic mass is 16.5. The molecule has 0 bridgehead atoms. The number of rotatable bonds is 11. The lowest BCUT2D eigenvalue weighted by Gasteiger charge is -2.11. The smallest absolute Gasteiger partial charge is 0.269 e. The van der Waals surface area contributed by atoms with Crippen molar-refractivity contribution in [1.82, 2.24) is 19.9 Å². The highest BCUT2D eigenvalue weighted by Gasteiger charge is 2.11. The van der Waals surface area contributed by atoms with Crippen molar-refractivity contribution in [3.8, 4) is 5.75 Å². The SMILES string of the molecule is CCc1ccc(OCCCCn2c(CCNC(=O)c3ccccn3)nc3ccccc32)cc1. The molecule has 0 radical (unpaired) electrons. The number of unbranched alkanes of at least 4 members (excludes halogenated alkanes) is 1. The van der Waals surface area contributed by atoms with Crippen LogP contribution >= 0.6 is 0 Å². The molecule has 6 heteroatoms. The van der Waals surface area contributed by atoms with Crippen LogP contribution in [0.5, 0.6) is 5.75 Å². The molecule has 6 nitrogen and oxygen atoms in total. The Morgan fingerprint density at radius 1 is 1.00 bits per heavy atom. The minimum Gasteiger partial charge on any atom is -0.494 e. The molecule has 33 heavy (non-hydrogen) atoms. The van der Waals surface area contributed by atoms with E-state index in [0.29, 0.717) is 25.3 Å². The summed E-state index contributed by atoms with van der Waals surface area (Å²) in [5.74, 6) is 1.74. The van der Waals surface area contributed by atoms with Crippen molar-refractivity contribution >= 4 is 16.9 Å². The first-order valence-electron chi connectivity index (χ1n) is 11.6. The monoisotopic (exact) mass is 442 g/mol. The summed E-state index contributed by atoms with van der Waals surface area (Å²) in [6.07, 6.45) is 5.26. The van der Waals surface area contributed by atoms with Gasteiger partial charge in [-0.3, -0.25) is 9.78 Å². The van der Waals surface area contributed by atoms with Gasteiger partial charge >= 0.3 is 0 Å². The molecule has 0 aliphatic rings. The maximum atomic E-state index is 12.3. The molecule has 1 amide bonds. The zero-order valence-electron chi connectivity index (χ0n) is 19.0. The van der Waals surface area contributed by atoms with E-state index in [1.807, 2.05) is 36.4 Å². The molecule has 0 aliphatic heterocycles. The zero-order chi connectivity index (χ0) is 22.9. The zero-order valence-corrected chi connectivity index (χ0v) is 19.0. The van der Waals surface area contributed by atoms with Crippen molar-refractivity contribution in [2.75, 3.05) is 13.2 Å². The van der Waals surface area contributed by atoms with E-state index >= 15 is 0 Å². The van der Waals surface area contributed by atoms with Crippen LogP contribution < -0.4 is 10.1 Å². The van der Waals surface area contributed by atoms with Crippen LogP contribution in [0.25, 0.3) is 11.0 Å². The second-order valence-electron chi connectivity index (χ2n) is 7.94. The molecule has 2 aromatic carbocycles. The molecule has 2 heterocycles. The number of ether oxygens (including phenoxy) is 1. The van der Waals surface area contributed by atoms with E-state index in [1.165, 1.54) is 5.56 Å². The Kier molecular flexibility index (Phi) is 7.69. The van der Waals surface area contributed by atoms with Crippen LogP contribution in [0.3, 0.4) is 0 Å². The number of carbonyl (C=O) groups excluding carboxylic acids is 1. The number of nitrogens with zero attached hydrogens (tertiary/aromatic N) is 3. The summed E-state index contributed by atoms with van der Waals surface area (Å²) in [4.78, 5) is 21.2. The Labute approximate surface area is 194 Å². The standard InChI is InChI=1S/C27H30N4O2/c1-2-21-12-14-22(15-13-21)33-20-8-7-19-31-25-11-4-3-9-23(25)30-26(31)16-18-29-27(32)24-10-5-6-17-28-24/h3-6,9-15,17H,2,7-8,16,18-20H2,1H3,(H,29,32). The molecular formula is C27H30N4O2. The first kappa shape index (κ1) is 22.5. The number of carbonyl (C=O) groups is 1. The lowest BCUT2D eigenvalue weighted by atomic mass is 10.2. The highest BCUT2D eigenvalue weighted by molar-refractivity contribution is 5.92. The molecule has 0 saturated carbocycles. The van der Waals surface area contributed by atoms with Gasteiger partial charge in [0.25, 0.3) is 5.91 Å². The number of imidazole rings is 1. The minimum absolute atomic E-state index is 0.164. The first-order valence-corrected chi connectivity index (χ1v) is 11.6. The number of hydrogen-bond donors (Lipinski definition) is 1. The third kappa shape index (κ3) is 5.98. The molecule has 0 unspecified atom stereocenters. The van der Waals surface area contributed by atoms with Crippen LogP contribution in [0.15, 0.2) is 72.9 Å². The third-order valence-electron chi connectivity index (χ3n) is 5.64. The Balaban J connectivity index is 1.31. The molecule has 0 spiro atoms. The summed E-state index contributed by atoms with van der Waals surface area (Å²) in [5.41, 5.74) is 3.85. The second kappa shape index (κ2) is 11.3. The molecule has 2 aromatic heterocycles. The van der Waals surface area contributed by atoms with E-state index in [0.717, 1.165) is 48.4 Å². The van der Waals surface area contributed by atoms with Gasteiger partial charge in [-0.05, 0) is 61.2 Å². The average molecular weight is 443 g/mol. The van der Waals surface area contributed by atoms with E-state index in [2.05, 4.69) is 40.0 Å². The second-order valence-corrected chi connectivity index (χ2v) is 7.94. The number of para-hydroxylation sites is 2. The third-order valence-corrected chi connectivity index (χ3v) is 5.64. The van der Waals surface area contributed by atoms with Crippen molar-refractivity contribution < 1.29 is 9.53 Å². The van der Waals surface area contributed by atoms with Crippen LogP contribution in [-0.4, -0.2) is 33.6 Å². The number of pyridine rings is 1. The molecule has 4 aromatic rings. The number of aromatic nitrogens is 3. The maximum Gasteiger partial charge on any atom is 0.269 e. The van der Waals surface area contributed by atoms with E-state index in [9.17, 15) is 4.79 Å². The maximum absolute atomic E-state index is 12.3. The lowest BCUT2D eigenvalue weighted by molar-refractivity contribution is 0.0949. The summed E-state index contributed by atoms with van der Waals surface area (Å²) in [5, 5.41) is 2.95. The normalized spacial score (nSPS) is 10.9. The van der Waals surface area contributed by atoms with Crippen molar-refractivity contribution in [2.24, 2.45) is 0 Å². The van der Waals surface area contributed by atoms with Crippen molar-refractivity contribution in [3.05, 3.63) is 90.0 Å². The highest BCUT2D eigenvalue weighted by Crippen LogP contribution is 2.18. The number of aryl methyl sites for hydroxylation is 2. The average Bonchev–Trinajstić information content (AvgIpc) is 3.22. The van der Waals surface area contributed by atoms with E-state index < -0.39 is 0 Å². The lowest BCUT2D eigenvalue weighted by Crippen LogP contribution is -2.27. The summed E-state index contributed by atoms with van der Waals surface area (Å²) in [6, 6.07) is 21.8. The predicted molar refractivity (Wildman–Crippen MR) is 131 cm³/mol. The Morgan fingerprint density at radius 2 is 1.82 bits per heavy atom. The fourth-order valence-corrected chi connectivity index (χ4v) is 3.82. The molecule has 4 rings (SSSR count). The number of nitrogens with one attached hydrogen (secondary N) is 1. The molecule has 1 N–H and O–H groups in total. The molecule has 0 fully saturated rings. The molecule has 0 atom stereocenters. The summed E-state index contributed by atoms with van der Waals surface area (Å²) in [7, 11) is 0. The molecule has 170 valence electrons. The summed E-state index contributed by atoms with van der Waals surface area (Å²) >= 11 is 0. The van der Waals surface area contributed by atoms with Gasteiger partial charge in [0.05, 0.1) is 17.6 Å². The van der Waals surface area contributed by atoms with Gasteiger partial charge in [-0.15, -0.1) is 0 Å². The Bertz CT molecular complexity index is 1170. The number of hydrogen-bond acceptors (Lipinski definition) is 4. The fraction of sp³-hybridized carbons (Fsp3) is 0.296. The van der Waals surface area contributed by atoms with Crippen LogP contribution in [-0.2, 0) is 19.4 Å². The predicted octanol–water partition coefficient (Wildman–Crippen LogP) is 4.83. The van der Waals surface area contributed by atoms with Gasteiger partial charge in [0.2, 0.25) is 0 Å². The van der Waals surface area contributed by atoms with Crippen LogP contribution in [0, 0.1) is 0 Å². The minimum atomic E-state index is -0.164. The van der Waals surface area contributed by atoms with Gasteiger partial charge < -0.3 is 14.6 Å². The molecule has 0 saturated heterocycles. The van der Waals surface area contributed by atoms with Crippen LogP contribution in [0.2, 0.25) is 0 Å². The fourth-order valence-electron chi connectivity index (χ4n) is 3.82. The van der Waals surface area contributed by atoms with Gasteiger partial charge in [-0.25, -0.2) is 4.98 Å². The summed E-state index contributed by atoms with van der Waals surface area (Å²) < 4.78 is 8.16. The van der Waals surface area contributed by atoms with Gasteiger partial charge in [0, 0.05) is 25.7 Å². The van der Waals surface area contributed by atoms with Crippen molar-refractivity contribution in [2.45, 2.75) is 39.2 Å². The topological polar surface area (TPSA) is 69.0 Å². The largest absolute Gasteiger partial charge is 0.494 e. The van der Waals surface area contributed by atoms with Crippen molar-refractivity contribution in [1.29, 1.82) is 0 Å². The number of fused-ring (bicyclic) bond motifs is 1. The number of benzene rings is 2. The summed E-state index contributed by atoms with van der Waals surface area (Å²) in [6.45, 7) is 4.21. The quantitative estimate of drug-likeness (QED) is 0.338. The van der Waals surface area contributed by atoms with Gasteiger partial charge in [0.1, 0.15) is 17.3 Å². The van der Waals surface area contributed by atoms with Crippen LogP contribution in [0.4, 0.5) is 0 Å². The van der Waals surface area contributed by atoms with Gasteiger partial charge in [0.15, 0.2) is 0 Å². The van der Waals surface area contributed by atoms with Gasteiger partial charge in [-0.2, -0.15) is 0 Å². The van der Waals surface area contributed by atoms with Crippen molar-refractivity contribution in [3.63, 3.8) is 0 Å². The van der Waals surface area contributed by atoms with Crippen LogP contribution in [0.1, 0.15) is 41.6 Å². The van der Waals surface area contributed by atoms with E-state index in [1.54, 1.807) is 18.3 Å². The molecule has 0 aliphatic carbocycles. The Morgan fingerprint density at radius 3 is 2.61 bits per heavy atom. The molecular weight excluding hydrogens is 412 g/mol. The van der Waals surface area contributed by atoms with Gasteiger partial charge in [-0.1, -0.05) is 37.3 Å². The number of amides is 1. The first-order chi connectivity index (χ1) is 16.2.